The van der Waals surface area contributed by atoms with Gasteiger partial charge in [-0.05, 0) is 12.8 Å². The number of thiol groups is 1. The second-order valence-electron chi connectivity index (χ2n) is 3.68. The minimum Gasteiger partial charge on any atom is -0.264 e. The lowest BCUT2D eigenvalue weighted by atomic mass is 10.2. The molecule has 0 aromatic carbocycles. The van der Waals surface area contributed by atoms with E-state index in [1.807, 2.05) is 0 Å². The van der Waals surface area contributed by atoms with Crippen molar-refractivity contribution in [2.45, 2.75) is 39.0 Å². The summed E-state index contributed by atoms with van der Waals surface area (Å²) in [5, 5.41) is 0. The maximum absolute atomic E-state index is 4.69. The number of rotatable bonds is 4. The average Bonchev–Trinajstić information content (AvgIpc) is 2.38. The van der Waals surface area contributed by atoms with Gasteiger partial charge in [0.15, 0.2) is 0 Å². The Hall–Kier alpha value is 0.310. The zero-order valence-corrected chi connectivity index (χ0v) is 8.45. The normalized spacial score (nSPS) is 22.4. The van der Waals surface area contributed by atoms with E-state index in [4.69, 9.17) is 12.8 Å². The summed E-state index contributed by atoms with van der Waals surface area (Å²) < 4.78 is 1.06. The van der Waals surface area contributed by atoms with E-state index in [-0.39, 0.29) is 0 Å². The number of quaternary nitrogens is 1. The van der Waals surface area contributed by atoms with Gasteiger partial charge in [0.2, 0.25) is 0 Å². The Morgan fingerprint density at radius 1 is 1.18 bits per heavy atom. The van der Waals surface area contributed by atoms with Gasteiger partial charge in [0.1, 0.15) is 0 Å². The summed E-state index contributed by atoms with van der Waals surface area (Å²) in [6.07, 6.45) is 6.83. The Labute approximate surface area is 75.9 Å². The monoisotopic (exact) mass is 174 g/mol. The number of likely N-dealkylation sites (tertiary alicyclic amines) is 1. The Balaban J connectivity index is 2.13. The van der Waals surface area contributed by atoms with Crippen LogP contribution >= 0.6 is 12.8 Å². The van der Waals surface area contributed by atoms with Crippen LogP contribution in [0.25, 0.3) is 0 Å². The molecule has 0 aromatic rings. The van der Waals surface area contributed by atoms with Crippen LogP contribution < -0.4 is 0 Å². The first-order chi connectivity index (χ1) is 5.27. The Kier molecular flexibility index (Phi) is 3.73. The predicted molar refractivity (Wildman–Crippen MR) is 52.6 cm³/mol. The van der Waals surface area contributed by atoms with Crippen LogP contribution in [0.1, 0.15) is 39.0 Å². The van der Waals surface area contributed by atoms with Crippen molar-refractivity contribution >= 4 is 12.8 Å². The number of nitrogens with zero attached hydrogens (tertiary/aromatic N) is 1. The van der Waals surface area contributed by atoms with Gasteiger partial charge in [-0.15, -0.1) is 0 Å². The molecular formula is C9H20NS+. The maximum atomic E-state index is 4.69. The van der Waals surface area contributed by atoms with Gasteiger partial charge in [-0.1, -0.05) is 13.3 Å². The minimum absolute atomic E-state index is 1.06. The summed E-state index contributed by atoms with van der Waals surface area (Å²) in [7, 11) is 0. The average molecular weight is 174 g/mol. The molecule has 0 unspecified atom stereocenters. The maximum Gasteiger partial charge on any atom is 0.0892 e. The third-order valence-corrected chi connectivity index (χ3v) is 3.18. The number of unbranched alkanes of at least 4 members (excludes halogenated alkanes) is 2. The van der Waals surface area contributed by atoms with E-state index in [0.717, 1.165) is 3.89 Å². The molecule has 0 aliphatic carbocycles. The standard InChI is InChI=1S/C9H20NS/c1-2-3-4-7-10(11)8-5-6-9-10/h11H,2-9H2,1H3/q+1. The fourth-order valence-electron chi connectivity index (χ4n) is 1.80. The Bertz CT molecular complexity index is 108. The lowest BCUT2D eigenvalue weighted by Crippen LogP contribution is -2.35. The molecular weight excluding hydrogens is 154 g/mol. The summed E-state index contributed by atoms with van der Waals surface area (Å²) in [6.45, 7) is 6.14. The van der Waals surface area contributed by atoms with Crippen LogP contribution in [0.4, 0.5) is 0 Å². The highest BCUT2D eigenvalue weighted by molar-refractivity contribution is 7.74. The molecule has 0 atom stereocenters. The molecule has 0 aromatic heterocycles. The van der Waals surface area contributed by atoms with Gasteiger partial charge in [0, 0.05) is 12.8 Å². The van der Waals surface area contributed by atoms with Gasteiger partial charge < -0.3 is 0 Å². The molecule has 1 nitrogen and oxygen atoms in total. The highest BCUT2D eigenvalue weighted by Crippen LogP contribution is 2.23. The minimum atomic E-state index is 1.06. The lowest BCUT2D eigenvalue weighted by molar-refractivity contribution is -0.778. The molecule has 1 aliphatic rings. The molecule has 1 saturated heterocycles. The van der Waals surface area contributed by atoms with Crippen LogP contribution in [0.2, 0.25) is 0 Å². The summed E-state index contributed by atoms with van der Waals surface area (Å²) in [4.78, 5) is 0. The van der Waals surface area contributed by atoms with Crippen LogP contribution in [0.5, 0.6) is 0 Å². The molecule has 11 heavy (non-hydrogen) atoms. The number of hydrogen-bond acceptors (Lipinski definition) is 1. The zero-order valence-electron chi connectivity index (χ0n) is 7.55. The van der Waals surface area contributed by atoms with Gasteiger partial charge in [-0.25, -0.2) is 0 Å². The number of hydrogen-bond donors (Lipinski definition) is 1. The highest BCUT2D eigenvalue weighted by Gasteiger charge is 2.27. The van der Waals surface area contributed by atoms with Crippen molar-refractivity contribution in [1.29, 1.82) is 0 Å². The second-order valence-corrected chi connectivity index (χ2v) is 4.53. The van der Waals surface area contributed by atoms with E-state index in [2.05, 4.69) is 6.92 Å². The predicted octanol–water partition coefficient (Wildman–Crippen LogP) is 2.63. The summed E-state index contributed by atoms with van der Waals surface area (Å²) in [5.74, 6) is 0. The smallest absolute Gasteiger partial charge is 0.0892 e. The van der Waals surface area contributed by atoms with Crippen molar-refractivity contribution in [1.82, 2.24) is 0 Å². The third kappa shape index (κ3) is 3.04. The molecule has 0 amide bonds. The van der Waals surface area contributed by atoms with E-state index in [1.54, 1.807) is 0 Å². The molecule has 0 saturated carbocycles. The van der Waals surface area contributed by atoms with Crippen LogP contribution in [-0.2, 0) is 0 Å². The van der Waals surface area contributed by atoms with Gasteiger partial charge in [-0.2, -0.15) is 0 Å². The summed E-state index contributed by atoms with van der Waals surface area (Å²) >= 11 is 4.69. The van der Waals surface area contributed by atoms with Crippen molar-refractivity contribution in [3.8, 4) is 0 Å². The fraction of sp³-hybridized carbons (Fsp3) is 1.00. The molecule has 0 radical (unpaired) electrons. The van der Waals surface area contributed by atoms with Crippen molar-refractivity contribution in [3.05, 3.63) is 0 Å². The Morgan fingerprint density at radius 3 is 2.36 bits per heavy atom. The van der Waals surface area contributed by atoms with Gasteiger partial charge in [0.25, 0.3) is 0 Å². The van der Waals surface area contributed by atoms with Crippen LogP contribution in [0, 0.1) is 0 Å². The first-order valence-corrected chi connectivity index (χ1v) is 5.26. The first-order valence-electron chi connectivity index (χ1n) is 4.86. The van der Waals surface area contributed by atoms with E-state index >= 15 is 0 Å². The second kappa shape index (κ2) is 4.36. The molecule has 1 aliphatic heterocycles. The molecule has 1 fully saturated rings. The Morgan fingerprint density at radius 2 is 1.82 bits per heavy atom. The molecule has 66 valence electrons. The zero-order chi connectivity index (χ0) is 8.16. The third-order valence-electron chi connectivity index (χ3n) is 2.58. The fourth-order valence-corrected chi connectivity index (χ4v) is 2.23. The quantitative estimate of drug-likeness (QED) is 0.378. The van der Waals surface area contributed by atoms with E-state index in [0.29, 0.717) is 0 Å². The molecule has 2 heteroatoms. The first kappa shape index (κ1) is 9.40. The van der Waals surface area contributed by atoms with E-state index in [9.17, 15) is 0 Å². The van der Waals surface area contributed by atoms with Gasteiger partial charge in [-0.3, -0.25) is 3.89 Å². The highest BCUT2D eigenvalue weighted by atomic mass is 32.1. The van der Waals surface area contributed by atoms with E-state index in [1.165, 1.54) is 51.7 Å². The summed E-state index contributed by atoms with van der Waals surface area (Å²) in [5.41, 5.74) is 0. The van der Waals surface area contributed by atoms with Crippen molar-refractivity contribution in [2.24, 2.45) is 0 Å². The molecule has 1 rings (SSSR count). The van der Waals surface area contributed by atoms with Crippen LogP contribution in [0.3, 0.4) is 0 Å². The summed E-state index contributed by atoms with van der Waals surface area (Å²) in [6, 6.07) is 0. The molecule has 0 bridgehead atoms. The SMILES string of the molecule is CCCCC[N+]1(S)CCCC1. The van der Waals surface area contributed by atoms with Crippen molar-refractivity contribution in [3.63, 3.8) is 0 Å². The van der Waals surface area contributed by atoms with Crippen LogP contribution in [-0.4, -0.2) is 23.5 Å². The molecule has 1 heterocycles. The van der Waals surface area contributed by atoms with Gasteiger partial charge >= 0.3 is 0 Å². The van der Waals surface area contributed by atoms with Crippen molar-refractivity contribution in [2.75, 3.05) is 19.6 Å². The lowest BCUT2D eigenvalue weighted by Gasteiger charge is -2.25. The molecule has 0 spiro atoms. The topological polar surface area (TPSA) is 0 Å². The largest absolute Gasteiger partial charge is 0.264 e. The van der Waals surface area contributed by atoms with Gasteiger partial charge in [0.05, 0.1) is 32.4 Å². The van der Waals surface area contributed by atoms with E-state index < -0.39 is 0 Å². The van der Waals surface area contributed by atoms with Crippen LogP contribution in [0.15, 0.2) is 0 Å². The molecule has 0 N–H and O–H groups in total. The van der Waals surface area contributed by atoms with Crippen molar-refractivity contribution < 1.29 is 3.89 Å².